The van der Waals surface area contributed by atoms with Gasteiger partial charge in [0, 0.05) is 31.2 Å². The maximum atomic E-state index is 11.4. The van der Waals surface area contributed by atoms with Gasteiger partial charge in [-0.1, -0.05) is 47.0 Å². The summed E-state index contributed by atoms with van der Waals surface area (Å²) in [7, 11) is 0. The topological polar surface area (TPSA) is 46.5 Å². The van der Waals surface area contributed by atoms with E-state index in [0.29, 0.717) is 18.0 Å². The zero-order chi connectivity index (χ0) is 16.1. The van der Waals surface area contributed by atoms with Crippen LogP contribution in [0.2, 0.25) is 0 Å². The Morgan fingerprint density at radius 1 is 0.810 bits per heavy atom. The van der Waals surface area contributed by atoms with Gasteiger partial charge < -0.3 is 0 Å². The first-order valence-corrected chi connectivity index (χ1v) is 8.48. The van der Waals surface area contributed by atoms with E-state index in [9.17, 15) is 9.59 Å². The van der Waals surface area contributed by atoms with Crippen LogP contribution in [0.4, 0.5) is 0 Å². The SMILES string of the molecule is CC(C)C(=O)CC/C=N/CCCCCCCC(=O)C(C)C. The van der Waals surface area contributed by atoms with Gasteiger partial charge in [-0.05, 0) is 25.5 Å². The molecular weight excluding hydrogens is 262 g/mol. The summed E-state index contributed by atoms with van der Waals surface area (Å²) >= 11 is 0. The summed E-state index contributed by atoms with van der Waals surface area (Å²) in [6.07, 6.45) is 9.65. The lowest BCUT2D eigenvalue weighted by molar-refractivity contribution is -0.122. The van der Waals surface area contributed by atoms with Gasteiger partial charge in [0.1, 0.15) is 11.6 Å². The van der Waals surface area contributed by atoms with Gasteiger partial charge >= 0.3 is 0 Å². The van der Waals surface area contributed by atoms with Gasteiger partial charge in [0.15, 0.2) is 0 Å². The van der Waals surface area contributed by atoms with Gasteiger partial charge in [0.25, 0.3) is 0 Å². The van der Waals surface area contributed by atoms with Crippen LogP contribution < -0.4 is 0 Å². The summed E-state index contributed by atoms with van der Waals surface area (Å²) in [4.78, 5) is 27.1. The molecule has 0 amide bonds. The number of ketones is 2. The van der Waals surface area contributed by atoms with E-state index in [1.807, 2.05) is 33.9 Å². The summed E-state index contributed by atoms with van der Waals surface area (Å²) < 4.78 is 0. The Kier molecular flexibility index (Phi) is 12.1. The average molecular weight is 295 g/mol. The molecule has 0 unspecified atom stereocenters. The molecule has 0 aromatic rings. The van der Waals surface area contributed by atoms with Crippen molar-refractivity contribution >= 4 is 17.8 Å². The van der Waals surface area contributed by atoms with E-state index in [2.05, 4.69) is 4.99 Å². The normalized spacial score (nSPS) is 11.7. The predicted octanol–water partition coefficient (Wildman–Crippen LogP) is 4.63. The Hall–Kier alpha value is -0.990. The van der Waals surface area contributed by atoms with Crippen LogP contribution in [0, 0.1) is 11.8 Å². The number of hydrogen-bond donors (Lipinski definition) is 0. The highest BCUT2D eigenvalue weighted by Gasteiger charge is 2.06. The number of rotatable bonds is 13. The Bertz CT molecular complexity index is 319. The molecule has 3 nitrogen and oxygen atoms in total. The number of Topliss-reactive ketones (excluding diaryl/α,β-unsaturated/α-hetero) is 2. The highest BCUT2D eigenvalue weighted by Crippen LogP contribution is 2.09. The summed E-state index contributed by atoms with van der Waals surface area (Å²) in [5.74, 6) is 1.02. The molecule has 0 rings (SSSR count). The number of aliphatic imine (C=N–C) groups is 1. The molecule has 0 saturated carbocycles. The van der Waals surface area contributed by atoms with Crippen LogP contribution in [-0.2, 0) is 9.59 Å². The Balaban J connectivity index is 3.33. The van der Waals surface area contributed by atoms with Crippen molar-refractivity contribution in [1.82, 2.24) is 0 Å². The molecule has 0 saturated heterocycles. The molecule has 0 N–H and O–H groups in total. The lowest BCUT2D eigenvalue weighted by Crippen LogP contribution is -2.06. The first-order valence-electron chi connectivity index (χ1n) is 8.48. The molecule has 0 radical (unpaired) electrons. The quantitative estimate of drug-likeness (QED) is 0.367. The van der Waals surface area contributed by atoms with Crippen LogP contribution >= 0.6 is 0 Å². The molecule has 0 aromatic heterocycles. The summed E-state index contributed by atoms with van der Waals surface area (Å²) in [5.41, 5.74) is 0. The summed E-state index contributed by atoms with van der Waals surface area (Å²) in [6.45, 7) is 8.67. The second-order valence-corrected chi connectivity index (χ2v) is 6.39. The van der Waals surface area contributed by atoms with E-state index in [4.69, 9.17) is 0 Å². The Morgan fingerprint density at radius 3 is 1.95 bits per heavy atom. The molecule has 0 spiro atoms. The van der Waals surface area contributed by atoms with Crippen molar-refractivity contribution in [3.05, 3.63) is 0 Å². The van der Waals surface area contributed by atoms with Gasteiger partial charge in [-0.15, -0.1) is 0 Å². The van der Waals surface area contributed by atoms with Crippen LogP contribution in [0.15, 0.2) is 4.99 Å². The van der Waals surface area contributed by atoms with Gasteiger partial charge in [0.2, 0.25) is 0 Å². The van der Waals surface area contributed by atoms with Crippen LogP contribution in [0.3, 0.4) is 0 Å². The molecule has 122 valence electrons. The standard InChI is InChI=1S/C18H33NO2/c1-15(2)17(20)11-8-6-5-7-9-13-19-14-10-12-18(21)16(3)4/h14-16H,5-13H2,1-4H3/b19-14+. The highest BCUT2D eigenvalue weighted by molar-refractivity contribution is 5.82. The number of unbranched alkanes of at least 4 members (excludes halogenated alkanes) is 4. The number of carbonyl (C=O) groups excluding carboxylic acids is 2. The van der Waals surface area contributed by atoms with E-state index in [1.54, 1.807) is 0 Å². The summed E-state index contributed by atoms with van der Waals surface area (Å²) in [6, 6.07) is 0. The third kappa shape index (κ3) is 12.5. The van der Waals surface area contributed by atoms with Crippen molar-refractivity contribution in [2.75, 3.05) is 6.54 Å². The Morgan fingerprint density at radius 2 is 1.33 bits per heavy atom. The third-order valence-electron chi connectivity index (χ3n) is 3.65. The van der Waals surface area contributed by atoms with E-state index >= 15 is 0 Å². The minimum absolute atomic E-state index is 0.140. The molecule has 0 bridgehead atoms. The number of carbonyl (C=O) groups is 2. The fourth-order valence-electron chi connectivity index (χ4n) is 2.00. The minimum atomic E-state index is 0.140. The molecule has 0 fully saturated rings. The molecular formula is C18H33NO2. The third-order valence-corrected chi connectivity index (χ3v) is 3.65. The molecule has 3 heteroatoms. The van der Waals surface area contributed by atoms with Crippen LogP contribution in [0.1, 0.15) is 79.1 Å². The maximum Gasteiger partial charge on any atom is 0.135 e. The minimum Gasteiger partial charge on any atom is -0.299 e. The van der Waals surface area contributed by atoms with Crippen molar-refractivity contribution in [3.8, 4) is 0 Å². The number of nitrogens with zero attached hydrogens (tertiary/aromatic N) is 1. The number of hydrogen-bond acceptors (Lipinski definition) is 3. The van der Waals surface area contributed by atoms with Crippen LogP contribution in [0.25, 0.3) is 0 Å². The second kappa shape index (κ2) is 12.7. The molecule has 0 aromatic carbocycles. The van der Waals surface area contributed by atoms with Crippen molar-refractivity contribution in [2.24, 2.45) is 16.8 Å². The van der Waals surface area contributed by atoms with Crippen LogP contribution in [-0.4, -0.2) is 24.3 Å². The molecule has 0 aliphatic carbocycles. The maximum absolute atomic E-state index is 11.4. The summed E-state index contributed by atoms with van der Waals surface area (Å²) in [5, 5.41) is 0. The van der Waals surface area contributed by atoms with E-state index in [0.717, 1.165) is 38.6 Å². The lowest BCUT2D eigenvalue weighted by Gasteiger charge is -2.03. The predicted molar refractivity (Wildman–Crippen MR) is 90.0 cm³/mol. The molecule has 21 heavy (non-hydrogen) atoms. The smallest absolute Gasteiger partial charge is 0.135 e. The molecule has 0 aliphatic rings. The molecule has 0 atom stereocenters. The first kappa shape index (κ1) is 20.0. The largest absolute Gasteiger partial charge is 0.299 e. The van der Waals surface area contributed by atoms with Crippen molar-refractivity contribution in [3.63, 3.8) is 0 Å². The Labute approximate surface area is 130 Å². The molecule has 0 aliphatic heterocycles. The first-order chi connectivity index (χ1) is 9.95. The van der Waals surface area contributed by atoms with E-state index in [1.165, 1.54) is 12.8 Å². The van der Waals surface area contributed by atoms with Gasteiger partial charge in [0.05, 0.1) is 0 Å². The van der Waals surface area contributed by atoms with E-state index < -0.39 is 0 Å². The molecule has 0 heterocycles. The van der Waals surface area contributed by atoms with Gasteiger partial charge in [-0.2, -0.15) is 0 Å². The zero-order valence-corrected chi connectivity index (χ0v) is 14.4. The lowest BCUT2D eigenvalue weighted by atomic mass is 10.0. The average Bonchev–Trinajstić information content (AvgIpc) is 2.43. The highest BCUT2D eigenvalue weighted by atomic mass is 16.1. The monoisotopic (exact) mass is 295 g/mol. The van der Waals surface area contributed by atoms with Gasteiger partial charge in [-0.25, -0.2) is 0 Å². The fraction of sp³-hybridized carbons (Fsp3) is 0.833. The van der Waals surface area contributed by atoms with E-state index in [-0.39, 0.29) is 11.8 Å². The fourth-order valence-corrected chi connectivity index (χ4v) is 2.00. The van der Waals surface area contributed by atoms with Crippen molar-refractivity contribution in [2.45, 2.75) is 79.1 Å². The van der Waals surface area contributed by atoms with Crippen molar-refractivity contribution < 1.29 is 9.59 Å². The second-order valence-electron chi connectivity index (χ2n) is 6.39. The zero-order valence-electron chi connectivity index (χ0n) is 14.4. The van der Waals surface area contributed by atoms with Crippen LogP contribution in [0.5, 0.6) is 0 Å². The van der Waals surface area contributed by atoms with Crippen molar-refractivity contribution in [1.29, 1.82) is 0 Å². The van der Waals surface area contributed by atoms with Gasteiger partial charge in [-0.3, -0.25) is 14.6 Å².